The van der Waals surface area contributed by atoms with E-state index in [0.29, 0.717) is 41.7 Å². The predicted octanol–water partition coefficient (Wildman–Crippen LogP) is 6.35. The molecule has 6 nitrogen and oxygen atoms in total. The zero-order valence-electron chi connectivity index (χ0n) is 16.8. The number of benzene rings is 3. The zero-order valence-corrected chi connectivity index (χ0v) is 20.0. The molecule has 0 amide bonds. The second kappa shape index (κ2) is 12.6. The number of nitrogens with one attached hydrogen (secondary N) is 2. The van der Waals surface area contributed by atoms with Crippen molar-refractivity contribution in [1.82, 2.24) is 5.32 Å². The Hall–Kier alpha value is -2.39. The third-order valence-electron chi connectivity index (χ3n) is 4.46. The Morgan fingerprint density at radius 3 is 2.56 bits per heavy atom. The summed E-state index contributed by atoms with van der Waals surface area (Å²) in [5.41, 5.74) is 2.00. The largest absolute Gasteiger partial charge is 0.488 e. The molecule has 32 heavy (non-hydrogen) atoms. The third-order valence-corrected chi connectivity index (χ3v) is 5.27. The smallest absolute Gasteiger partial charge is 0.271 e. The van der Waals surface area contributed by atoms with Crippen molar-refractivity contribution in [2.45, 2.75) is 13.2 Å². The van der Waals surface area contributed by atoms with Crippen LogP contribution in [0.2, 0.25) is 5.02 Å². The predicted molar refractivity (Wildman–Crippen MR) is 130 cm³/mol. The van der Waals surface area contributed by atoms with E-state index in [1.54, 1.807) is 24.3 Å². The molecule has 0 aliphatic carbocycles. The molecule has 0 spiro atoms. The van der Waals surface area contributed by atoms with Crippen LogP contribution in [0.4, 0.5) is 15.8 Å². The first kappa shape index (κ1) is 25.9. The van der Waals surface area contributed by atoms with E-state index in [0.717, 1.165) is 10.0 Å². The van der Waals surface area contributed by atoms with Crippen LogP contribution in [0.1, 0.15) is 11.1 Å². The van der Waals surface area contributed by atoms with Crippen molar-refractivity contribution in [3.63, 3.8) is 0 Å². The van der Waals surface area contributed by atoms with Crippen molar-refractivity contribution in [3.05, 3.63) is 97.2 Å². The Morgan fingerprint density at radius 1 is 1.06 bits per heavy atom. The molecule has 3 aromatic carbocycles. The molecule has 0 bridgehead atoms. The lowest BCUT2D eigenvalue weighted by Crippen LogP contribution is -2.22. The molecule has 2 N–H and O–H groups in total. The molecule has 10 heteroatoms. The Labute approximate surface area is 204 Å². The van der Waals surface area contributed by atoms with Gasteiger partial charge in [-0.25, -0.2) is 4.39 Å². The molecule has 3 aromatic rings. The average Bonchev–Trinajstić information content (AvgIpc) is 2.74. The number of nitrogens with zero attached hydrogens (tertiary/aromatic N) is 1. The van der Waals surface area contributed by atoms with Crippen LogP contribution in [-0.2, 0) is 13.2 Å². The Morgan fingerprint density at radius 2 is 1.84 bits per heavy atom. The maximum absolute atomic E-state index is 13.8. The van der Waals surface area contributed by atoms with Crippen LogP contribution in [0, 0.1) is 15.9 Å². The number of ether oxygens (including phenoxy) is 1. The SMILES string of the molecule is Cl.O=[N+]([O-])c1ccc(NCCNCc2cc(Br)ccc2OCc2ccccc2F)c(Cl)c1. The summed E-state index contributed by atoms with van der Waals surface area (Å²) in [5, 5.41) is 17.5. The van der Waals surface area contributed by atoms with E-state index in [4.69, 9.17) is 16.3 Å². The van der Waals surface area contributed by atoms with Gasteiger partial charge in [0.2, 0.25) is 0 Å². The molecule has 170 valence electrons. The van der Waals surface area contributed by atoms with Gasteiger partial charge in [0.1, 0.15) is 18.2 Å². The van der Waals surface area contributed by atoms with Gasteiger partial charge >= 0.3 is 0 Å². The van der Waals surface area contributed by atoms with Crippen molar-refractivity contribution < 1.29 is 14.1 Å². The van der Waals surface area contributed by atoms with Crippen molar-refractivity contribution in [2.24, 2.45) is 0 Å². The van der Waals surface area contributed by atoms with Gasteiger partial charge in [-0.1, -0.05) is 45.7 Å². The molecular formula is C22H21BrCl2FN3O3. The second-order valence-electron chi connectivity index (χ2n) is 6.66. The summed E-state index contributed by atoms with van der Waals surface area (Å²) >= 11 is 9.54. The number of hydrogen-bond donors (Lipinski definition) is 2. The van der Waals surface area contributed by atoms with E-state index in [2.05, 4.69) is 26.6 Å². The summed E-state index contributed by atoms with van der Waals surface area (Å²) in [7, 11) is 0. The number of anilines is 1. The molecule has 3 rings (SSSR count). The quantitative estimate of drug-likeness (QED) is 0.176. The fraction of sp³-hybridized carbons (Fsp3) is 0.182. The number of nitro benzene ring substituents is 1. The van der Waals surface area contributed by atoms with Gasteiger partial charge in [0.05, 0.1) is 15.6 Å². The molecule has 0 saturated heterocycles. The van der Waals surface area contributed by atoms with Crippen LogP contribution < -0.4 is 15.4 Å². The van der Waals surface area contributed by atoms with Gasteiger partial charge in [-0.05, 0) is 30.3 Å². The molecule has 0 unspecified atom stereocenters. The van der Waals surface area contributed by atoms with E-state index >= 15 is 0 Å². The van der Waals surface area contributed by atoms with Gasteiger partial charge < -0.3 is 15.4 Å². The summed E-state index contributed by atoms with van der Waals surface area (Å²) in [6.45, 7) is 1.87. The number of nitro groups is 1. The van der Waals surface area contributed by atoms with Crippen molar-refractivity contribution in [1.29, 1.82) is 0 Å². The second-order valence-corrected chi connectivity index (χ2v) is 7.98. The normalized spacial score (nSPS) is 10.3. The molecule has 0 aliphatic heterocycles. The van der Waals surface area contributed by atoms with Crippen LogP contribution in [-0.4, -0.2) is 18.0 Å². The number of halogens is 4. The van der Waals surface area contributed by atoms with Crippen molar-refractivity contribution >= 4 is 51.3 Å². The minimum atomic E-state index is -0.485. The summed E-state index contributed by atoms with van der Waals surface area (Å²) in [6, 6.07) is 16.5. The lowest BCUT2D eigenvalue weighted by Gasteiger charge is -2.14. The number of non-ortho nitro benzene ring substituents is 1. The molecule has 0 heterocycles. The van der Waals surface area contributed by atoms with E-state index in [1.807, 2.05) is 18.2 Å². The fourth-order valence-electron chi connectivity index (χ4n) is 2.87. The first-order valence-corrected chi connectivity index (χ1v) is 10.6. The van der Waals surface area contributed by atoms with Crippen molar-refractivity contribution in [2.75, 3.05) is 18.4 Å². The Bertz CT molecular complexity index is 1070. The van der Waals surface area contributed by atoms with Crippen molar-refractivity contribution in [3.8, 4) is 5.75 Å². The topological polar surface area (TPSA) is 76.4 Å². The van der Waals surface area contributed by atoms with Gasteiger partial charge in [0.25, 0.3) is 5.69 Å². The van der Waals surface area contributed by atoms with Gasteiger partial charge in [-0.2, -0.15) is 0 Å². The van der Waals surface area contributed by atoms with E-state index in [1.165, 1.54) is 18.2 Å². The standard InChI is InChI=1S/C22H20BrClFN3O3.ClH/c23-17-5-8-22(31-14-15-3-1-2-4-20(15)25)16(11-17)13-26-9-10-27-21-7-6-18(28(29)30)12-19(21)24;/h1-8,11-12,26-27H,9-10,13-14H2;1H. The first-order chi connectivity index (χ1) is 14.9. The monoisotopic (exact) mass is 543 g/mol. The highest BCUT2D eigenvalue weighted by Gasteiger charge is 2.10. The fourth-order valence-corrected chi connectivity index (χ4v) is 3.52. The Kier molecular flexibility index (Phi) is 10.2. The first-order valence-electron chi connectivity index (χ1n) is 9.47. The molecule has 0 atom stereocenters. The zero-order chi connectivity index (χ0) is 22.2. The van der Waals surface area contributed by atoms with Crippen LogP contribution in [0.25, 0.3) is 0 Å². The minimum absolute atomic E-state index is 0. The summed E-state index contributed by atoms with van der Waals surface area (Å²) in [4.78, 5) is 10.3. The molecule has 0 aromatic heterocycles. The van der Waals surface area contributed by atoms with Gasteiger partial charge in [-0.15, -0.1) is 12.4 Å². The summed E-state index contributed by atoms with van der Waals surface area (Å²) in [6.07, 6.45) is 0. The molecule has 0 saturated carbocycles. The van der Waals surface area contributed by atoms with E-state index < -0.39 is 4.92 Å². The maximum Gasteiger partial charge on any atom is 0.271 e. The summed E-state index contributed by atoms with van der Waals surface area (Å²) < 4.78 is 20.6. The lowest BCUT2D eigenvalue weighted by atomic mass is 10.2. The molecular weight excluding hydrogens is 524 g/mol. The summed E-state index contributed by atoms with van der Waals surface area (Å²) in [5.74, 6) is 0.376. The van der Waals surface area contributed by atoms with Gasteiger partial charge in [0, 0.05) is 47.4 Å². The highest BCUT2D eigenvalue weighted by molar-refractivity contribution is 9.10. The molecule has 0 radical (unpaired) electrons. The van der Waals surface area contributed by atoms with Crippen LogP contribution >= 0.6 is 39.9 Å². The highest BCUT2D eigenvalue weighted by atomic mass is 79.9. The maximum atomic E-state index is 13.8. The van der Waals surface area contributed by atoms with Crippen LogP contribution in [0.15, 0.2) is 65.1 Å². The highest BCUT2D eigenvalue weighted by Crippen LogP contribution is 2.27. The van der Waals surface area contributed by atoms with Crippen LogP contribution in [0.3, 0.4) is 0 Å². The van der Waals surface area contributed by atoms with Gasteiger partial charge in [-0.3, -0.25) is 10.1 Å². The van der Waals surface area contributed by atoms with E-state index in [9.17, 15) is 14.5 Å². The molecule has 0 fully saturated rings. The van der Waals surface area contributed by atoms with Gasteiger partial charge in [0.15, 0.2) is 0 Å². The Balaban J connectivity index is 0.00000363. The van der Waals surface area contributed by atoms with E-state index in [-0.39, 0.29) is 30.5 Å². The van der Waals surface area contributed by atoms with Crippen LogP contribution in [0.5, 0.6) is 5.75 Å². The number of rotatable bonds is 10. The average molecular weight is 545 g/mol. The number of hydrogen-bond acceptors (Lipinski definition) is 5. The molecule has 0 aliphatic rings. The minimum Gasteiger partial charge on any atom is -0.488 e. The lowest BCUT2D eigenvalue weighted by molar-refractivity contribution is -0.384. The third kappa shape index (κ3) is 7.34.